The van der Waals surface area contributed by atoms with Crippen molar-refractivity contribution in [2.45, 2.75) is 13.1 Å². The van der Waals surface area contributed by atoms with E-state index < -0.39 is 0 Å². The molecule has 0 aliphatic rings. The second-order valence-electron chi connectivity index (χ2n) is 8.83. The van der Waals surface area contributed by atoms with E-state index in [0.717, 1.165) is 18.8 Å². The van der Waals surface area contributed by atoms with Gasteiger partial charge in [-0.2, -0.15) is 0 Å². The van der Waals surface area contributed by atoms with Gasteiger partial charge in [-0.3, -0.25) is 0 Å². The van der Waals surface area contributed by atoms with E-state index in [-0.39, 0.29) is 0 Å². The molecular weight excluding hydrogens is 428 g/mol. The lowest BCUT2D eigenvalue weighted by Crippen LogP contribution is -2.33. The third-order valence-corrected chi connectivity index (χ3v) is 5.95. The standard InChI is InChI=1S/C31H33N4/c1-32-30-16-20-34(21-17-30)24-28-12-8-26(9-13-28)6-4-5-7-27-10-14-29(15-11-27)25-35-22-18-31(19-23-35)33(2)3/h4-23H,24-25H2,1-3H3/q+1/p+1/b6-4-,7-5-. The molecule has 0 aliphatic heterocycles. The number of allylic oxidation sites excluding steroid dienone is 2. The third kappa shape index (κ3) is 7.15. The Morgan fingerprint density at radius 1 is 0.629 bits per heavy atom. The van der Waals surface area contributed by atoms with Gasteiger partial charge in [0.05, 0.1) is 0 Å². The van der Waals surface area contributed by atoms with E-state index in [9.17, 15) is 0 Å². The Balaban J connectivity index is 1.28. The molecule has 0 atom stereocenters. The maximum absolute atomic E-state index is 3.15. The highest BCUT2D eigenvalue weighted by molar-refractivity contribution is 5.57. The molecule has 0 bridgehead atoms. The number of pyridine rings is 2. The highest BCUT2D eigenvalue weighted by atomic mass is 15.1. The fourth-order valence-corrected chi connectivity index (χ4v) is 3.81. The molecule has 0 fully saturated rings. The first-order chi connectivity index (χ1) is 17.1. The molecule has 0 amide bonds. The van der Waals surface area contributed by atoms with Crippen LogP contribution in [0.2, 0.25) is 0 Å². The van der Waals surface area contributed by atoms with E-state index in [1.807, 2.05) is 7.05 Å². The van der Waals surface area contributed by atoms with Gasteiger partial charge in [0.2, 0.25) is 0 Å². The zero-order valence-electron chi connectivity index (χ0n) is 20.8. The van der Waals surface area contributed by atoms with Crippen molar-refractivity contribution >= 4 is 23.5 Å². The number of rotatable bonds is 9. The molecule has 4 aromatic rings. The molecule has 4 nitrogen and oxygen atoms in total. The molecule has 0 radical (unpaired) electrons. The third-order valence-electron chi connectivity index (χ3n) is 5.95. The van der Waals surface area contributed by atoms with Crippen LogP contribution in [0, 0.1) is 0 Å². The van der Waals surface area contributed by atoms with Crippen LogP contribution < -0.4 is 19.4 Å². The van der Waals surface area contributed by atoms with Crippen molar-refractivity contribution < 1.29 is 9.13 Å². The van der Waals surface area contributed by atoms with Gasteiger partial charge >= 0.3 is 0 Å². The molecule has 2 heterocycles. The molecule has 2 aromatic carbocycles. The first-order valence-corrected chi connectivity index (χ1v) is 11.9. The topological polar surface area (TPSA) is 23.0 Å². The van der Waals surface area contributed by atoms with E-state index >= 15 is 0 Å². The van der Waals surface area contributed by atoms with Crippen LogP contribution in [0.15, 0.2) is 110 Å². The first kappa shape index (κ1) is 24.0. The lowest BCUT2D eigenvalue weighted by atomic mass is 10.1. The SMILES string of the molecule is CNc1cc[n+](Cc2ccc(/C=C\C=C/c3ccc(C[n+]4ccc(N(C)C)cc4)cc3)cc2)cc1. The highest BCUT2D eigenvalue weighted by Crippen LogP contribution is 2.10. The van der Waals surface area contributed by atoms with Crippen molar-refractivity contribution in [3.8, 4) is 0 Å². The number of anilines is 2. The van der Waals surface area contributed by atoms with Gasteiger partial charge in [0.1, 0.15) is 0 Å². The van der Waals surface area contributed by atoms with E-state index in [4.69, 9.17) is 0 Å². The van der Waals surface area contributed by atoms with Crippen molar-refractivity contribution in [1.82, 2.24) is 0 Å². The van der Waals surface area contributed by atoms with Crippen LogP contribution in [0.4, 0.5) is 11.4 Å². The van der Waals surface area contributed by atoms with Crippen molar-refractivity contribution in [2.75, 3.05) is 31.4 Å². The number of hydrogen-bond acceptors (Lipinski definition) is 2. The van der Waals surface area contributed by atoms with Crippen LogP contribution in [0.1, 0.15) is 22.3 Å². The summed E-state index contributed by atoms with van der Waals surface area (Å²) in [6.07, 6.45) is 16.9. The predicted molar refractivity (Wildman–Crippen MR) is 146 cm³/mol. The Morgan fingerprint density at radius 2 is 1.06 bits per heavy atom. The Labute approximate surface area is 209 Å². The second-order valence-corrected chi connectivity index (χ2v) is 8.83. The molecule has 0 spiro atoms. The molecule has 35 heavy (non-hydrogen) atoms. The molecule has 176 valence electrons. The Bertz CT molecular complexity index is 1250. The molecule has 0 saturated carbocycles. The van der Waals surface area contributed by atoms with Crippen molar-refractivity contribution in [2.24, 2.45) is 0 Å². The normalized spacial score (nSPS) is 11.3. The highest BCUT2D eigenvalue weighted by Gasteiger charge is 2.04. The summed E-state index contributed by atoms with van der Waals surface area (Å²) in [6, 6.07) is 25.9. The number of aromatic nitrogens is 2. The molecule has 4 heteroatoms. The minimum atomic E-state index is 0.865. The van der Waals surface area contributed by atoms with Crippen LogP contribution in [-0.2, 0) is 13.1 Å². The van der Waals surface area contributed by atoms with Gasteiger partial charge in [-0.25, -0.2) is 9.13 Å². The van der Waals surface area contributed by atoms with Crippen LogP contribution in [-0.4, -0.2) is 21.1 Å². The van der Waals surface area contributed by atoms with Crippen LogP contribution in [0.25, 0.3) is 12.2 Å². The average Bonchev–Trinajstić information content (AvgIpc) is 2.89. The summed E-state index contributed by atoms with van der Waals surface area (Å²) in [5, 5.41) is 3.15. The molecule has 0 unspecified atom stereocenters. The van der Waals surface area contributed by atoms with E-state index in [1.165, 1.54) is 27.9 Å². The minimum absolute atomic E-state index is 0.865. The van der Waals surface area contributed by atoms with Gasteiger partial charge in [0, 0.05) is 67.9 Å². The van der Waals surface area contributed by atoms with Crippen molar-refractivity contribution in [3.63, 3.8) is 0 Å². The van der Waals surface area contributed by atoms with Gasteiger partial charge in [-0.1, -0.05) is 72.8 Å². The van der Waals surface area contributed by atoms with Crippen molar-refractivity contribution in [1.29, 1.82) is 0 Å². The summed E-state index contributed by atoms with van der Waals surface area (Å²) in [7, 11) is 6.05. The summed E-state index contributed by atoms with van der Waals surface area (Å²) < 4.78 is 4.38. The largest absolute Gasteiger partial charge is 0.388 e. The smallest absolute Gasteiger partial charge is 0.173 e. The van der Waals surface area contributed by atoms with Gasteiger partial charge in [-0.05, 0) is 11.1 Å². The number of nitrogens with one attached hydrogen (secondary N) is 1. The molecular formula is C31H34N4+2. The van der Waals surface area contributed by atoms with Gasteiger partial charge in [-0.15, -0.1) is 0 Å². The Hall–Kier alpha value is -4.18. The average molecular weight is 463 g/mol. The fraction of sp³-hybridized carbons (Fsp3) is 0.161. The van der Waals surface area contributed by atoms with E-state index in [1.54, 1.807) is 0 Å². The van der Waals surface area contributed by atoms with Gasteiger partial charge < -0.3 is 10.2 Å². The fourth-order valence-electron chi connectivity index (χ4n) is 3.81. The monoisotopic (exact) mass is 462 g/mol. The van der Waals surface area contributed by atoms with E-state index in [0.29, 0.717) is 0 Å². The maximum Gasteiger partial charge on any atom is 0.173 e. The summed E-state index contributed by atoms with van der Waals surface area (Å²) in [6.45, 7) is 1.73. The summed E-state index contributed by atoms with van der Waals surface area (Å²) in [4.78, 5) is 2.11. The summed E-state index contributed by atoms with van der Waals surface area (Å²) in [5.41, 5.74) is 7.30. The Morgan fingerprint density at radius 3 is 1.46 bits per heavy atom. The lowest BCUT2D eigenvalue weighted by Gasteiger charge is -2.10. The quantitative estimate of drug-likeness (QED) is 0.273. The van der Waals surface area contributed by atoms with Gasteiger partial charge in [0.25, 0.3) is 0 Å². The molecule has 0 aliphatic carbocycles. The van der Waals surface area contributed by atoms with Crippen LogP contribution in [0.3, 0.4) is 0 Å². The lowest BCUT2D eigenvalue weighted by molar-refractivity contribution is -0.688. The molecule has 1 N–H and O–H groups in total. The Kier molecular flexibility index (Phi) is 8.08. The first-order valence-electron chi connectivity index (χ1n) is 11.9. The minimum Gasteiger partial charge on any atom is -0.388 e. The predicted octanol–water partition coefficient (Wildman–Crippen LogP) is 5.19. The molecule has 4 rings (SSSR count). The van der Waals surface area contributed by atoms with E-state index in [2.05, 4.69) is 155 Å². The zero-order chi connectivity index (χ0) is 24.5. The molecule has 0 saturated heterocycles. The number of hydrogen-bond donors (Lipinski definition) is 1. The van der Waals surface area contributed by atoms with Gasteiger partial charge in [0.15, 0.2) is 37.9 Å². The second kappa shape index (κ2) is 11.8. The zero-order valence-corrected chi connectivity index (χ0v) is 20.8. The summed E-state index contributed by atoms with van der Waals surface area (Å²) >= 11 is 0. The summed E-state index contributed by atoms with van der Waals surface area (Å²) in [5.74, 6) is 0. The van der Waals surface area contributed by atoms with Crippen molar-refractivity contribution in [3.05, 3.63) is 132 Å². The van der Waals surface area contributed by atoms with Crippen LogP contribution >= 0.6 is 0 Å². The maximum atomic E-state index is 3.15. The molecule has 2 aromatic heterocycles. The number of nitrogens with zero attached hydrogens (tertiary/aromatic N) is 3. The van der Waals surface area contributed by atoms with Crippen LogP contribution in [0.5, 0.6) is 0 Å². The number of benzene rings is 2.